The van der Waals surface area contributed by atoms with Crippen LogP contribution in [0.4, 0.5) is 0 Å². The van der Waals surface area contributed by atoms with Crippen molar-refractivity contribution in [2.24, 2.45) is 4.99 Å². The molecule has 0 spiro atoms. The van der Waals surface area contributed by atoms with Crippen molar-refractivity contribution in [3.05, 3.63) is 35.9 Å². The summed E-state index contributed by atoms with van der Waals surface area (Å²) in [6.07, 6.45) is 6.52. The third-order valence-corrected chi connectivity index (χ3v) is 5.64. The smallest absolute Gasteiger partial charge is 0.191 e. The first-order valence-corrected chi connectivity index (χ1v) is 10.1. The summed E-state index contributed by atoms with van der Waals surface area (Å²) in [5.74, 6) is 0.934. The Hall–Kier alpha value is -0.860. The van der Waals surface area contributed by atoms with Crippen LogP contribution in [0.3, 0.4) is 0 Å². The van der Waals surface area contributed by atoms with E-state index in [1.807, 2.05) is 18.2 Å². The van der Waals surface area contributed by atoms with Crippen molar-refractivity contribution in [2.75, 3.05) is 26.7 Å². The second-order valence-corrected chi connectivity index (χ2v) is 7.52. The van der Waals surface area contributed by atoms with Crippen LogP contribution in [0.15, 0.2) is 35.3 Å². The van der Waals surface area contributed by atoms with Crippen molar-refractivity contribution in [2.45, 2.75) is 63.8 Å². The number of nitrogens with zero attached hydrogens (tertiary/aromatic N) is 2. The molecular formula is C21H35IN4O. The lowest BCUT2D eigenvalue weighted by Gasteiger charge is -2.47. The van der Waals surface area contributed by atoms with Crippen LogP contribution in [0.25, 0.3) is 0 Å². The van der Waals surface area contributed by atoms with E-state index in [4.69, 9.17) is 9.73 Å². The number of aliphatic imine (C=N–C) groups is 1. The highest BCUT2D eigenvalue weighted by Gasteiger charge is 2.36. The van der Waals surface area contributed by atoms with Crippen molar-refractivity contribution >= 4 is 29.9 Å². The highest BCUT2D eigenvalue weighted by Crippen LogP contribution is 2.32. The molecule has 5 nitrogen and oxygen atoms in total. The van der Waals surface area contributed by atoms with Gasteiger partial charge in [-0.15, -0.1) is 24.0 Å². The summed E-state index contributed by atoms with van der Waals surface area (Å²) in [4.78, 5) is 7.31. The van der Waals surface area contributed by atoms with E-state index < -0.39 is 0 Å². The monoisotopic (exact) mass is 486 g/mol. The molecule has 0 amide bonds. The molecule has 2 saturated heterocycles. The minimum absolute atomic E-state index is 0. The van der Waals surface area contributed by atoms with E-state index in [2.05, 4.69) is 41.6 Å². The van der Waals surface area contributed by atoms with Crippen molar-refractivity contribution in [1.82, 2.24) is 15.5 Å². The van der Waals surface area contributed by atoms with Gasteiger partial charge in [0.1, 0.15) is 0 Å². The number of guanidine groups is 1. The molecular weight excluding hydrogens is 451 g/mol. The average molecular weight is 486 g/mol. The molecule has 0 aromatic heterocycles. The van der Waals surface area contributed by atoms with Crippen molar-refractivity contribution in [1.29, 1.82) is 0 Å². The summed E-state index contributed by atoms with van der Waals surface area (Å²) in [6, 6.07) is 12.3. The fraction of sp³-hybridized carbons (Fsp3) is 0.667. The molecule has 3 rings (SSSR count). The normalized spacial score (nSPS) is 25.6. The molecule has 6 heteroatoms. The summed E-state index contributed by atoms with van der Waals surface area (Å²) in [5, 5.41) is 7.06. The quantitative estimate of drug-likeness (QED) is 0.269. The predicted molar refractivity (Wildman–Crippen MR) is 123 cm³/mol. The molecule has 27 heavy (non-hydrogen) atoms. The van der Waals surface area contributed by atoms with Crippen LogP contribution in [0.5, 0.6) is 0 Å². The highest BCUT2D eigenvalue weighted by molar-refractivity contribution is 14.0. The zero-order valence-electron chi connectivity index (χ0n) is 16.7. The van der Waals surface area contributed by atoms with Gasteiger partial charge in [-0.2, -0.15) is 0 Å². The van der Waals surface area contributed by atoms with Crippen LogP contribution in [0.1, 0.15) is 44.6 Å². The van der Waals surface area contributed by atoms with E-state index in [1.54, 1.807) is 0 Å². The maximum absolute atomic E-state index is 5.74. The fourth-order valence-electron chi connectivity index (χ4n) is 4.23. The van der Waals surface area contributed by atoms with Gasteiger partial charge in [0.25, 0.3) is 0 Å². The van der Waals surface area contributed by atoms with Gasteiger partial charge in [-0.3, -0.25) is 4.99 Å². The molecule has 1 aromatic carbocycles. The molecule has 2 N–H and O–H groups in total. The summed E-state index contributed by atoms with van der Waals surface area (Å²) in [7, 11) is 2.30. The Labute approximate surface area is 181 Å². The number of halogens is 1. The molecule has 1 aromatic rings. The zero-order valence-corrected chi connectivity index (χ0v) is 19.0. The van der Waals surface area contributed by atoms with Crippen molar-refractivity contribution < 1.29 is 4.74 Å². The molecule has 0 aliphatic carbocycles. The van der Waals surface area contributed by atoms with Gasteiger partial charge in [0, 0.05) is 24.7 Å². The second-order valence-electron chi connectivity index (χ2n) is 7.52. The Morgan fingerprint density at radius 1 is 1.19 bits per heavy atom. The average Bonchev–Trinajstić information content (AvgIpc) is 2.63. The van der Waals surface area contributed by atoms with E-state index in [-0.39, 0.29) is 24.0 Å². The van der Waals surface area contributed by atoms with Gasteiger partial charge in [-0.05, 0) is 45.2 Å². The highest BCUT2D eigenvalue weighted by atomic mass is 127. The van der Waals surface area contributed by atoms with Crippen molar-refractivity contribution in [3.8, 4) is 0 Å². The minimum Gasteiger partial charge on any atom is -0.375 e. The SMILES string of the molecule is CCNC(=NCCOCc1ccccc1)NC1CC2CCCC(C1)N2C.I. The third-order valence-electron chi connectivity index (χ3n) is 5.64. The van der Waals surface area contributed by atoms with E-state index in [0.29, 0.717) is 25.8 Å². The van der Waals surface area contributed by atoms with Gasteiger partial charge >= 0.3 is 0 Å². The molecule has 0 saturated carbocycles. The molecule has 2 aliphatic heterocycles. The van der Waals surface area contributed by atoms with Gasteiger partial charge < -0.3 is 20.3 Å². The van der Waals surface area contributed by atoms with E-state index in [9.17, 15) is 0 Å². The van der Waals surface area contributed by atoms with Crippen LogP contribution in [0.2, 0.25) is 0 Å². The first-order valence-electron chi connectivity index (χ1n) is 10.1. The number of rotatable bonds is 7. The van der Waals surface area contributed by atoms with Crippen LogP contribution in [-0.2, 0) is 11.3 Å². The first kappa shape index (κ1) is 22.4. The third kappa shape index (κ3) is 6.91. The van der Waals surface area contributed by atoms with Crippen molar-refractivity contribution in [3.63, 3.8) is 0 Å². The lowest BCUT2D eigenvalue weighted by molar-refractivity contribution is 0.0526. The maximum Gasteiger partial charge on any atom is 0.191 e. The number of piperidine rings is 2. The lowest BCUT2D eigenvalue weighted by Crippen LogP contribution is -2.56. The second kappa shape index (κ2) is 11.9. The van der Waals surface area contributed by atoms with Crippen LogP contribution in [0, 0.1) is 0 Å². The van der Waals surface area contributed by atoms with Gasteiger partial charge in [-0.25, -0.2) is 0 Å². The number of fused-ring (bicyclic) bond motifs is 2. The van der Waals surface area contributed by atoms with E-state index >= 15 is 0 Å². The summed E-state index contributed by atoms with van der Waals surface area (Å²) >= 11 is 0. The Morgan fingerprint density at radius 3 is 2.56 bits per heavy atom. The number of ether oxygens (including phenoxy) is 1. The Kier molecular flexibility index (Phi) is 9.86. The molecule has 2 bridgehead atoms. The Morgan fingerprint density at radius 2 is 1.89 bits per heavy atom. The predicted octanol–water partition coefficient (Wildman–Crippen LogP) is 3.39. The van der Waals surface area contributed by atoms with Crippen LogP contribution >= 0.6 is 24.0 Å². The summed E-state index contributed by atoms with van der Waals surface area (Å²) < 4.78 is 5.74. The Bertz CT molecular complexity index is 555. The van der Waals surface area contributed by atoms with Crippen LogP contribution < -0.4 is 10.6 Å². The molecule has 2 unspecified atom stereocenters. The number of benzene rings is 1. The van der Waals surface area contributed by atoms with Gasteiger partial charge in [0.2, 0.25) is 0 Å². The molecule has 2 aliphatic rings. The molecule has 2 heterocycles. The molecule has 0 radical (unpaired) electrons. The lowest BCUT2D eigenvalue weighted by atomic mass is 9.82. The topological polar surface area (TPSA) is 48.9 Å². The van der Waals surface area contributed by atoms with Gasteiger partial charge in [-0.1, -0.05) is 36.8 Å². The minimum atomic E-state index is 0. The van der Waals surface area contributed by atoms with Gasteiger partial charge in [0.15, 0.2) is 5.96 Å². The number of hydrogen-bond acceptors (Lipinski definition) is 3. The van der Waals surface area contributed by atoms with E-state index in [1.165, 1.54) is 37.7 Å². The fourth-order valence-corrected chi connectivity index (χ4v) is 4.23. The zero-order chi connectivity index (χ0) is 18.2. The van der Waals surface area contributed by atoms with E-state index in [0.717, 1.165) is 24.6 Å². The maximum atomic E-state index is 5.74. The molecule has 2 fully saturated rings. The molecule has 2 atom stereocenters. The van der Waals surface area contributed by atoms with Crippen LogP contribution in [-0.4, -0.2) is 55.7 Å². The first-order chi connectivity index (χ1) is 12.8. The summed E-state index contributed by atoms with van der Waals surface area (Å²) in [6.45, 7) is 4.98. The number of nitrogens with one attached hydrogen (secondary N) is 2. The summed E-state index contributed by atoms with van der Waals surface area (Å²) in [5.41, 5.74) is 1.21. The standard InChI is InChI=1S/C21H34N4O.HI/c1-3-22-21(23-12-13-26-16-17-8-5-4-6-9-17)24-18-14-19-10-7-11-20(15-18)25(19)2;/h4-6,8-9,18-20H,3,7,10-16H2,1-2H3,(H2,22,23,24);1H. The largest absolute Gasteiger partial charge is 0.375 e. The van der Waals surface area contributed by atoms with Gasteiger partial charge in [0.05, 0.1) is 19.8 Å². The number of hydrogen-bond donors (Lipinski definition) is 2. The Balaban J connectivity index is 0.00000261. The molecule has 152 valence electrons.